The number of nitrogens with zero attached hydrogens (tertiary/aromatic N) is 2. The summed E-state index contributed by atoms with van der Waals surface area (Å²) in [4.78, 5) is 13.4. The van der Waals surface area contributed by atoms with Crippen molar-refractivity contribution in [3.63, 3.8) is 0 Å². The Bertz CT molecular complexity index is 1030. The Hall–Kier alpha value is -2.91. The lowest BCUT2D eigenvalue weighted by Gasteiger charge is -2.18. The van der Waals surface area contributed by atoms with Gasteiger partial charge in [-0.2, -0.15) is 0 Å². The van der Waals surface area contributed by atoms with E-state index in [-0.39, 0.29) is 34.6 Å². The van der Waals surface area contributed by atoms with E-state index in [0.29, 0.717) is 5.76 Å². The summed E-state index contributed by atoms with van der Waals surface area (Å²) >= 11 is 2.65. The first kappa shape index (κ1) is 18.5. The Morgan fingerprint density at radius 1 is 1.18 bits per heavy atom. The highest BCUT2D eigenvalue weighted by Crippen LogP contribution is 2.27. The molecule has 0 aliphatic carbocycles. The third-order valence-corrected chi connectivity index (χ3v) is 5.56. The first-order chi connectivity index (χ1) is 13.7. The first-order valence-electron chi connectivity index (χ1n) is 8.27. The number of hydrogen-bond donors (Lipinski definition) is 1. The van der Waals surface area contributed by atoms with Gasteiger partial charge in [-0.3, -0.25) is 4.79 Å². The molecule has 3 heterocycles. The quantitative estimate of drug-likeness (QED) is 0.447. The number of amides is 1. The van der Waals surface area contributed by atoms with Crippen molar-refractivity contribution >= 4 is 29.0 Å². The fraction of sp³-hybridized carbons (Fsp3) is 0.105. The largest absolute Gasteiger partial charge is 0.459 e. The zero-order valence-electron chi connectivity index (χ0n) is 14.4. The minimum Gasteiger partial charge on any atom is -0.459 e. The summed E-state index contributed by atoms with van der Waals surface area (Å²) in [5.74, 6) is 0.307. The zero-order valence-corrected chi connectivity index (χ0v) is 16.0. The molecule has 9 heteroatoms. The molecular formula is C19H14FN3O3S2. The van der Waals surface area contributed by atoms with E-state index in [1.54, 1.807) is 24.3 Å². The normalized spacial score (nSPS) is 12.0. The van der Waals surface area contributed by atoms with Crippen LogP contribution in [0.15, 0.2) is 74.2 Å². The maximum atomic E-state index is 13.2. The van der Waals surface area contributed by atoms with Crippen molar-refractivity contribution in [2.24, 2.45) is 0 Å². The molecule has 0 radical (unpaired) electrons. The van der Waals surface area contributed by atoms with E-state index in [9.17, 15) is 9.18 Å². The maximum Gasteiger partial charge on any atom is 0.284 e. The molecule has 142 valence electrons. The van der Waals surface area contributed by atoms with Gasteiger partial charge in [-0.05, 0) is 41.3 Å². The molecule has 0 aliphatic rings. The average molecular weight is 415 g/mol. The molecule has 0 unspecified atom stereocenters. The SMILES string of the molecule is O=C(CSc1nnc(-c2ccco2)o1)N[C@H](c1ccc(F)cc1)c1cccs1. The molecule has 1 atom stereocenters. The fourth-order valence-electron chi connectivity index (χ4n) is 2.53. The topological polar surface area (TPSA) is 81.2 Å². The van der Waals surface area contributed by atoms with Gasteiger partial charge < -0.3 is 14.2 Å². The van der Waals surface area contributed by atoms with Crippen LogP contribution in [0.1, 0.15) is 16.5 Å². The van der Waals surface area contributed by atoms with Gasteiger partial charge >= 0.3 is 0 Å². The number of thioether (sulfide) groups is 1. The molecule has 0 bridgehead atoms. The van der Waals surface area contributed by atoms with Crippen LogP contribution in [0.4, 0.5) is 4.39 Å². The molecule has 0 aliphatic heterocycles. The van der Waals surface area contributed by atoms with Crippen LogP contribution in [0.3, 0.4) is 0 Å². The van der Waals surface area contributed by atoms with Crippen molar-refractivity contribution < 1.29 is 18.0 Å². The fourth-order valence-corrected chi connectivity index (χ4v) is 3.90. The molecule has 4 rings (SSSR count). The monoisotopic (exact) mass is 415 g/mol. The van der Waals surface area contributed by atoms with Crippen LogP contribution in [0.25, 0.3) is 11.7 Å². The summed E-state index contributed by atoms with van der Waals surface area (Å²) in [5, 5.41) is 13.0. The summed E-state index contributed by atoms with van der Waals surface area (Å²) in [6, 6.07) is 13.0. The van der Waals surface area contributed by atoms with Crippen molar-refractivity contribution in [3.8, 4) is 11.7 Å². The van der Waals surface area contributed by atoms with E-state index in [0.717, 1.165) is 22.2 Å². The molecule has 6 nitrogen and oxygen atoms in total. The molecule has 3 aromatic heterocycles. The lowest BCUT2D eigenvalue weighted by atomic mass is 10.1. The van der Waals surface area contributed by atoms with Crippen LogP contribution in [-0.4, -0.2) is 21.9 Å². The highest BCUT2D eigenvalue weighted by atomic mass is 32.2. The number of carbonyl (C=O) groups is 1. The van der Waals surface area contributed by atoms with Crippen molar-refractivity contribution in [2.45, 2.75) is 11.3 Å². The molecule has 1 N–H and O–H groups in total. The number of furan rings is 1. The average Bonchev–Trinajstić information content (AvgIpc) is 3.47. The predicted octanol–water partition coefficient (Wildman–Crippen LogP) is 4.53. The maximum absolute atomic E-state index is 13.2. The summed E-state index contributed by atoms with van der Waals surface area (Å²) in [6.45, 7) is 0. The number of rotatable bonds is 7. The molecule has 0 saturated carbocycles. The van der Waals surface area contributed by atoms with Gasteiger partial charge in [0, 0.05) is 4.88 Å². The number of aromatic nitrogens is 2. The second-order valence-corrected chi connectivity index (χ2v) is 7.61. The van der Waals surface area contributed by atoms with E-state index >= 15 is 0 Å². The predicted molar refractivity (Wildman–Crippen MR) is 103 cm³/mol. The second kappa shape index (κ2) is 8.41. The third kappa shape index (κ3) is 4.32. The van der Waals surface area contributed by atoms with E-state index in [4.69, 9.17) is 8.83 Å². The van der Waals surface area contributed by atoms with Crippen LogP contribution in [-0.2, 0) is 4.79 Å². The van der Waals surface area contributed by atoms with Gasteiger partial charge in [-0.25, -0.2) is 4.39 Å². The number of carbonyl (C=O) groups excluding carboxylic acids is 1. The van der Waals surface area contributed by atoms with E-state index in [2.05, 4.69) is 15.5 Å². The molecule has 0 saturated heterocycles. The van der Waals surface area contributed by atoms with Crippen LogP contribution in [0, 0.1) is 5.82 Å². The minimum atomic E-state index is -0.352. The highest BCUT2D eigenvalue weighted by molar-refractivity contribution is 7.99. The number of benzene rings is 1. The van der Waals surface area contributed by atoms with E-state index in [1.807, 2.05) is 17.5 Å². The van der Waals surface area contributed by atoms with E-state index < -0.39 is 0 Å². The zero-order chi connectivity index (χ0) is 19.3. The van der Waals surface area contributed by atoms with Gasteiger partial charge in [0.05, 0.1) is 18.1 Å². The van der Waals surface area contributed by atoms with Crippen molar-refractivity contribution in [1.82, 2.24) is 15.5 Å². The Labute approximate surface area is 167 Å². The Morgan fingerprint density at radius 3 is 2.75 bits per heavy atom. The Morgan fingerprint density at radius 2 is 2.04 bits per heavy atom. The summed E-state index contributed by atoms with van der Waals surface area (Å²) < 4.78 is 23.9. The summed E-state index contributed by atoms with van der Waals surface area (Å²) in [7, 11) is 0. The van der Waals surface area contributed by atoms with E-state index in [1.165, 1.54) is 29.7 Å². The summed E-state index contributed by atoms with van der Waals surface area (Å²) in [5.41, 5.74) is 0.806. The van der Waals surface area contributed by atoms with Crippen molar-refractivity contribution in [3.05, 3.63) is 76.4 Å². The molecular weight excluding hydrogens is 401 g/mol. The number of hydrogen-bond acceptors (Lipinski definition) is 7. The molecule has 4 aromatic rings. The van der Waals surface area contributed by atoms with Gasteiger partial charge in [0.25, 0.3) is 11.1 Å². The lowest BCUT2D eigenvalue weighted by Crippen LogP contribution is -2.30. The van der Waals surface area contributed by atoms with Gasteiger partial charge in [-0.15, -0.1) is 21.5 Å². The first-order valence-corrected chi connectivity index (χ1v) is 10.1. The van der Waals surface area contributed by atoms with Crippen molar-refractivity contribution in [2.75, 3.05) is 5.75 Å². The Balaban J connectivity index is 1.41. The van der Waals surface area contributed by atoms with Crippen LogP contribution in [0.2, 0.25) is 0 Å². The van der Waals surface area contributed by atoms with Crippen molar-refractivity contribution in [1.29, 1.82) is 0 Å². The molecule has 0 spiro atoms. The second-order valence-electron chi connectivity index (χ2n) is 5.71. The van der Waals surface area contributed by atoms with Crippen LogP contribution in [0.5, 0.6) is 0 Å². The van der Waals surface area contributed by atoms with Gasteiger partial charge in [-0.1, -0.05) is 30.0 Å². The number of nitrogens with one attached hydrogen (secondary N) is 1. The smallest absolute Gasteiger partial charge is 0.284 e. The summed E-state index contributed by atoms with van der Waals surface area (Å²) in [6.07, 6.45) is 1.51. The van der Waals surface area contributed by atoms with Gasteiger partial charge in [0.1, 0.15) is 5.82 Å². The standard InChI is InChI=1S/C19H14FN3O3S2/c20-13-7-5-12(6-8-13)17(15-4-2-10-27-15)21-16(24)11-28-19-23-22-18(26-19)14-3-1-9-25-14/h1-10,17H,11H2,(H,21,24)/t17-/m1/s1. The molecule has 1 amide bonds. The van der Waals surface area contributed by atoms with Crippen LogP contribution < -0.4 is 5.32 Å². The molecule has 0 fully saturated rings. The number of halogens is 1. The van der Waals surface area contributed by atoms with Gasteiger partial charge in [0.15, 0.2) is 5.76 Å². The lowest BCUT2D eigenvalue weighted by molar-refractivity contribution is -0.119. The molecule has 1 aromatic carbocycles. The molecule has 28 heavy (non-hydrogen) atoms. The third-order valence-electron chi connectivity index (χ3n) is 3.80. The minimum absolute atomic E-state index is 0.100. The Kier molecular flexibility index (Phi) is 5.54. The van der Waals surface area contributed by atoms with Gasteiger partial charge in [0.2, 0.25) is 5.91 Å². The highest BCUT2D eigenvalue weighted by Gasteiger charge is 2.19. The van der Waals surface area contributed by atoms with Crippen LogP contribution >= 0.6 is 23.1 Å². The number of thiophene rings is 1.